The van der Waals surface area contributed by atoms with E-state index in [4.69, 9.17) is 10.5 Å². The highest BCUT2D eigenvalue weighted by Gasteiger charge is 2.21. The molecule has 8 heteroatoms. The number of hydrogen-bond donors (Lipinski definition) is 2. The number of esters is 1. The summed E-state index contributed by atoms with van der Waals surface area (Å²) in [6.07, 6.45) is 0. The van der Waals surface area contributed by atoms with Crippen LogP contribution in [-0.4, -0.2) is 33.6 Å². The first-order chi connectivity index (χ1) is 9.31. The topological polar surface area (TPSA) is 98.5 Å². The number of halogens is 1. The Morgan fingerprint density at radius 3 is 2.65 bits per heavy atom. The Morgan fingerprint density at radius 2 is 2.15 bits per heavy atom. The quantitative estimate of drug-likeness (QED) is 0.740. The van der Waals surface area contributed by atoms with E-state index >= 15 is 0 Å². The van der Waals surface area contributed by atoms with Crippen molar-refractivity contribution in [3.63, 3.8) is 0 Å². The van der Waals surface area contributed by atoms with E-state index in [9.17, 15) is 13.2 Å². The number of carbonyl (C=O) groups is 1. The molecular weight excluding hydrogens is 348 g/mol. The van der Waals surface area contributed by atoms with Gasteiger partial charge in [0.1, 0.15) is 0 Å². The van der Waals surface area contributed by atoms with Crippen molar-refractivity contribution in [3.05, 3.63) is 28.2 Å². The van der Waals surface area contributed by atoms with Crippen molar-refractivity contribution in [1.82, 2.24) is 4.72 Å². The van der Waals surface area contributed by atoms with Crippen LogP contribution in [-0.2, 0) is 14.8 Å². The zero-order valence-electron chi connectivity index (χ0n) is 11.2. The molecule has 0 heterocycles. The minimum atomic E-state index is -3.69. The molecule has 3 N–H and O–H groups in total. The SMILES string of the molecule is CCOC(=O)c1ccc(S(=O)(=O)N[C@@H](C)CN)c(Br)c1. The summed E-state index contributed by atoms with van der Waals surface area (Å²) < 4.78 is 31.8. The molecule has 0 fully saturated rings. The van der Waals surface area contributed by atoms with Gasteiger partial charge >= 0.3 is 5.97 Å². The Bertz CT molecular complexity index is 589. The van der Waals surface area contributed by atoms with Gasteiger partial charge in [0, 0.05) is 17.1 Å². The number of nitrogens with two attached hydrogens (primary N) is 1. The van der Waals surface area contributed by atoms with Crippen LogP contribution >= 0.6 is 15.9 Å². The van der Waals surface area contributed by atoms with E-state index in [2.05, 4.69) is 20.7 Å². The van der Waals surface area contributed by atoms with Crippen molar-refractivity contribution in [2.75, 3.05) is 13.2 Å². The van der Waals surface area contributed by atoms with E-state index in [1.807, 2.05) is 0 Å². The van der Waals surface area contributed by atoms with E-state index in [1.165, 1.54) is 18.2 Å². The van der Waals surface area contributed by atoms with E-state index in [0.717, 1.165) is 0 Å². The Kier molecular flexibility index (Phi) is 6.12. The van der Waals surface area contributed by atoms with Crippen LogP contribution in [0.5, 0.6) is 0 Å². The minimum Gasteiger partial charge on any atom is -0.462 e. The van der Waals surface area contributed by atoms with Gasteiger partial charge in [-0.05, 0) is 48.0 Å². The highest BCUT2D eigenvalue weighted by atomic mass is 79.9. The average molecular weight is 365 g/mol. The summed E-state index contributed by atoms with van der Waals surface area (Å²) in [4.78, 5) is 11.6. The van der Waals surface area contributed by atoms with Gasteiger partial charge in [0.15, 0.2) is 0 Å². The van der Waals surface area contributed by atoms with E-state index in [1.54, 1.807) is 13.8 Å². The standard InChI is InChI=1S/C12H17BrN2O4S/c1-3-19-12(16)9-4-5-11(10(13)6-9)20(17,18)15-8(2)7-14/h4-6,8,15H,3,7,14H2,1-2H3/t8-/m0/s1. The summed E-state index contributed by atoms with van der Waals surface area (Å²) in [6.45, 7) is 3.81. The van der Waals surface area contributed by atoms with Crippen LogP contribution in [0.4, 0.5) is 0 Å². The van der Waals surface area contributed by atoms with Crippen LogP contribution in [0.3, 0.4) is 0 Å². The third-order valence-electron chi connectivity index (χ3n) is 2.44. The third kappa shape index (κ3) is 4.27. The summed E-state index contributed by atoms with van der Waals surface area (Å²) in [6, 6.07) is 3.79. The van der Waals surface area contributed by atoms with Crippen LogP contribution in [0, 0.1) is 0 Å². The molecule has 0 unspecified atom stereocenters. The van der Waals surface area contributed by atoms with Crippen molar-refractivity contribution in [3.8, 4) is 0 Å². The van der Waals surface area contributed by atoms with Crippen molar-refractivity contribution < 1.29 is 17.9 Å². The van der Waals surface area contributed by atoms with Gasteiger partial charge in [-0.15, -0.1) is 0 Å². The zero-order chi connectivity index (χ0) is 15.3. The summed E-state index contributed by atoms with van der Waals surface area (Å²) in [5.74, 6) is -0.500. The minimum absolute atomic E-state index is 0.0471. The highest BCUT2D eigenvalue weighted by molar-refractivity contribution is 9.10. The molecule has 1 atom stereocenters. The monoisotopic (exact) mass is 364 g/mol. The fourth-order valence-corrected chi connectivity index (χ4v) is 3.77. The van der Waals surface area contributed by atoms with Crippen molar-refractivity contribution >= 4 is 31.9 Å². The van der Waals surface area contributed by atoms with Gasteiger partial charge in [0.05, 0.1) is 17.1 Å². The molecule has 0 amide bonds. The fraction of sp³-hybridized carbons (Fsp3) is 0.417. The normalized spacial score (nSPS) is 13.0. The second-order valence-corrected chi connectivity index (χ2v) is 6.66. The molecule has 0 aliphatic rings. The van der Waals surface area contributed by atoms with Gasteiger partial charge in [-0.2, -0.15) is 0 Å². The zero-order valence-corrected chi connectivity index (χ0v) is 13.6. The second kappa shape index (κ2) is 7.16. The summed E-state index contributed by atoms with van der Waals surface area (Å²) >= 11 is 3.16. The highest BCUT2D eigenvalue weighted by Crippen LogP contribution is 2.23. The molecule has 1 aromatic rings. The number of hydrogen-bond acceptors (Lipinski definition) is 5. The Hall–Kier alpha value is -0.960. The maximum Gasteiger partial charge on any atom is 0.338 e. The van der Waals surface area contributed by atoms with Crippen molar-refractivity contribution in [2.45, 2.75) is 24.8 Å². The predicted molar refractivity (Wildman–Crippen MR) is 78.9 cm³/mol. The molecule has 1 rings (SSSR count). The van der Waals surface area contributed by atoms with Crippen LogP contribution < -0.4 is 10.5 Å². The maximum atomic E-state index is 12.1. The first-order valence-corrected chi connectivity index (χ1v) is 8.28. The molecule has 0 aliphatic heterocycles. The second-order valence-electron chi connectivity index (χ2n) is 4.12. The third-order valence-corrected chi connectivity index (χ3v) is 5.01. The van der Waals surface area contributed by atoms with E-state index < -0.39 is 16.0 Å². The lowest BCUT2D eigenvalue weighted by Gasteiger charge is -2.13. The smallest absolute Gasteiger partial charge is 0.338 e. The Labute approximate surface area is 126 Å². The van der Waals surface area contributed by atoms with Gasteiger partial charge < -0.3 is 10.5 Å². The average Bonchev–Trinajstić information content (AvgIpc) is 2.37. The van der Waals surface area contributed by atoms with E-state index in [-0.39, 0.29) is 29.7 Å². The molecule has 0 aliphatic carbocycles. The fourth-order valence-electron chi connectivity index (χ4n) is 1.44. The molecule has 0 saturated carbocycles. The van der Waals surface area contributed by atoms with Gasteiger partial charge in [0.2, 0.25) is 10.0 Å². The van der Waals surface area contributed by atoms with Crippen LogP contribution in [0.25, 0.3) is 0 Å². The van der Waals surface area contributed by atoms with Gasteiger partial charge in [-0.3, -0.25) is 0 Å². The summed E-state index contributed by atoms with van der Waals surface area (Å²) in [5.41, 5.74) is 5.67. The van der Waals surface area contributed by atoms with Gasteiger partial charge in [0.25, 0.3) is 0 Å². The number of ether oxygens (including phenoxy) is 1. The molecule has 20 heavy (non-hydrogen) atoms. The largest absolute Gasteiger partial charge is 0.462 e. The van der Waals surface area contributed by atoms with Gasteiger partial charge in [-0.25, -0.2) is 17.9 Å². The number of nitrogens with one attached hydrogen (secondary N) is 1. The number of sulfonamides is 1. The van der Waals surface area contributed by atoms with Crippen LogP contribution in [0.2, 0.25) is 0 Å². The number of rotatable bonds is 6. The number of benzene rings is 1. The molecule has 6 nitrogen and oxygen atoms in total. The predicted octanol–water partition coefficient (Wildman–Crippen LogP) is 1.25. The lowest BCUT2D eigenvalue weighted by molar-refractivity contribution is 0.0526. The van der Waals surface area contributed by atoms with Crippen molar-refractivity contribution in [2.24, 2.45) is 5.73 Å². The molecule has 112 valence electrons. The molecule has 0 aromatic heterocycles. The molecule has 0 spiro atoms. The lowest BCUT2D eigenvalue weighted by atomic mass is 10.2. The van der Waals surface area contributed by atoms with Gasteiger partial charge in [-0.1, -0.05) is 0 Å². The van der Waals surface area contributed by atoms with E-state index in [0.29, 0.717) is 4.47 Å². The Morgan fingerprint density at radius 1 is 1.50 bits per heavy atom. The maximum absolute atomic E-state index is 12.1. The van der Waals surface area contributed by atoms with Crippen molar-refractivity contribution in [1.29, 1.82) is 0 Å². The molecular formula is C12H17BrN2O4S. The number of carbonyl (C=O) groups excluding carboxylic acids is 1. The molecule has 0 radical (unpaired) electrons. The first kappa shape index (κ1) is 17.1. The molecule has 0 bridgehead atoms. The first-order valence-electron chi connectivity index (χ1n) is 6.01. The van der Waals surface area contributed by atoms with Crippen LogP contribution in [0.15, 0.2) is 27.6 Å². The van der Waals surface area contributed by atoms with Crippen LogP contribution in [0.1, 0.15) is 24.2 Å². The lowest BCUT2D eigenvalue weighted by Crippen LogP contribution is -2.37. The molecule has 1 aromatic carbocycles. The summed E-state index contributed by atoms with van der Waals surface area (Å²) in [5, 5.41) is 0. The summed E-state index contributed by atoms with van der Waals surface area (Å²) in [7, 11) is -3.69. The molecule has 0 saturated heterocycles. The Balaban J connectivity index is 3.07.